The lowest BCUT2D eigenvalue weighted by molar-refractivity contribution is -0.885. The summed E-state index contributed by atoms with van der Waals surface area (Å²) in [7, 11) is 1.88. The SMILES string of the molecule is CC[C@@H](CNC(=O)[C@@H](C)[NH+](C)CC(=O)Nc1c(C)cc(C)cc1C)c1ccccc1. The fraction of sp³-hybridized carbons (Fsp3) is 0.440. The van der Waals surface area contributed by atoms with Crippen molar-refractivity contribution in [3.63, 3.8) is 0 Å². The number of hydrogen-bond acceptors (Lipinski definition) is 2. The van der Waals surface area contributed by atoms with Crippen molar-refractivity contribution in [2.45, 2.75) is 53.0 Å². The summed E-state index contributed by atoms with van der Waals surface area (Å²) in [5.41, 5.74) is 5.38. The molecule has 30 heavy (non-hydrogen) atoms. The first-order valence-electron chi connectivity index (χ1n) is 10.8. The Balaban J connectivity index is 1.89. The van der Waals surface area contributed by atoms with Gasteiger partial charge in [0.2, 0.25) is 0 Å². The molecule has 0 heterocycles. The summed E-state index contributed by atoms with van der Waals surface area (Å²) in [5, 5.41) is 6.09. The zero-order valence-corrected chi connectivity index (χ0v) is 19.1. The third-order valence-corrected chi connectivity index (χ3v) is 5.80. The van der Waals surface area contributed by atoms with Crippen LogP contribution in [0.3, 0.4) is 0 Å². The van der Waals surface area contributed by atoms with Crippen LogP contribution >= 0.6 is 0 Å². The monoisotopic (exact) mass is 410 g/mol. The molecule has 2 aromatic carbocycles. The first-order chi connectivity index (χ1) is 14.2. The van der Waals surface area contributed by atoms with Gasteiger partial charge in [-0.2, -0.15) is 0 Å². The van der Waals surface area contributed by atoms with E-state index in [0.717, 1.165) is 28.1 Å². The quantitative estimate of drug-likeness (QED) is 0.595. The van der Waals surface area contributed by atoms with E-state index in [1.165, 1.54) is 11.1 Å². The molecule has 0 saturated carbocycles. The summed E-state index contributed by atoms with van der Waals surface area (Å²) in [6.07, 6.45) is 0.957. The summed E-state index contributed by atoms with van der Waals surface area (Å²) >= 11 is 0. The molecule has 2 amide bonds. The Hall–Kier alpha value is -2.66. The van der Waals surface area contributed by atoms with Crippen molar-refractivity contribution in [2.75, 3.05) is 25.5 Å². The minimum atomic E-state index is -0.316. The normalized spacial score (nSPS) is 13.9. The number of quaternary nitrogens is 1. The van der Waals surface area contributed by atoms with Crippen LogP contribution in [0.4, 0.5) is 5.69 Å². The second-order valence-corrected chi connectivity index (χ2v) is 8.33. The molecule has 5 heteroatoms. The lowest BCUT2D eigenvalue weighted by Crippen LogP contribution is -3.15. The van der Waals surface area contributed by atoms with Gasteiger partial charge < -0.3 is 15.5 Å². The van der Waals surface area contributed by atoms with Crippen LogP contribution in [-0.4, -0.2) is 38.0 Å². The summed E-state index contributed by atoms with van der Waals surface area (Å²) in [4.78, 5) is 26.1. The summed E-state index contributed by atoms with van der Waals surface area (Å²) in [6, 6.07) is 14.1. The highest BCUT2D eigenvalue weighted by Gasteiger charge is 2.25. The van der Waals surface area contributed by atoms with E-state index in [0.29, 0.717) is 12.5 Å². The highest BCUT2D eigenvalue weighted by Crippen LogP contribution is 2.21. The van der Waals surface area contributed by atoms with Gasteiger partial charge in [0.1, 0.15) is 0 Å². The molecule has 0 spiro atoms. The number of amides is 2. The van der Waals surface area contributed by atoms with Crippen LogP contribution in [0.25, 0.3) is 0 Å². The third-order valence-electron chi connectivity index (χ3n) is 5.80. The standard InChI is InChI=1S/C25H35N3O2/c1-7-21(22-11-9-8-10-12-22)15-26-25(30)20(5)28(6)16-23(29)27-24-18(3)13-17(2)14-19(24)4/h8-14,20-21H,7,15-16H2,1-6H3,(H,26,30)(H,27,29)/p+1/t20-,21+/m1/s1. The second kappa shape index (κ2) is 10.9. The molecule has 1 unspecified atom stereocenters. The van der Waals surface area contributed by atoms with Gasteiger partial charge in [-0.3, -0.25) is 9.59 Å². The summed E-state index contributed by atoms with van der Waals surface area (Å²) < 4.78 is 0. The molecule has 162 valence electrons. The van der Waals surface area contributed by atoms with Crippen LogP contribution in [0.1, 0.15) is 48.4 Å². The summed E-state index contributed by atoms with van der Waals surface area (Å²) in [6.45, 7) is 10.9. The molecule has 0 aliphatic rings. The molecule has 2 aromatic rings. The minimum Gasteiger partial charge on any atom is -0.350 e. The number of carbonyl (C=O) groups excluding carboxylic acids is 2. The Labute approximate surface area is 180 Å². The molecule has 2 rings (SSSR count). The van der Waals surface area contributed by atoms with Crippen molar-refractivity contribution in [3.8, 4) is 0 Å². The minimum absolute atomic E-state index is 0.0302. The van der Waals surface area contributed by atoms with Gasteiger partial charge in [0.05, 0.1) is 7.05 Å². The molecule has 0 fully saturated rings. The van der Waals surface area contributed by atoms with E-state index in [2.05, 4.69) is 41.8 Å². The van der Waals surface area contributed by atoms with E-state index in [4.69, 9.17) is 0 Å². The van der Waals surface area contributed by atoms with Crippen LogP contribution in [0, 0.1) is 20.8 Å². The first kappa shape index (κ1) is 23.6. The Morgan fingerprint density at radius 2 is 1.63 bits per heavy atom. The highest BCUT2D eigenvalue weighted by atomic mass is 16.2. The average Bonchev–Trinajstić information content (AvgIpc) is 2.71. The maximum atomic E-state index is 12.7. The summed E-state index contributed by atoms with van der Waals surface area (Å²) in [5.74, 6) is 0.175. The molecule has 0 saturated heterocycles. The Morgan fingerprint density at radius 1 is 1.03 bits per heavy atom. The molecule has 0 aliphatic heterocycles. The molecular weight excluding hydrogens is 374 g/mol. The predicted octanol–water partition coefficient (Wildman–Crippen LogP) is 2.76. The molecule has 0 bridgehead atoms. The fourth-order valence-electron chi connectivity index (χ4n) is 3.79. The van der Waals surface area contributed by atoms with E-state index in [9.17, 15) is 9.59 Å². The van der Waals surface area contributed by atoms with Crippen LogP contribution in [-0.2, 0) is 9.59 Å². The number of hydrogen-bond donors (Lipinski definition) is 3. The maximum absolute atomic E-state index is 12.7. The second-order valence-electron chi connectivity index (χ2n) is 8.33. The van der Waals surface area contributed by atoms with E-state index >= 15 is 0 Å². The van der Waals surface area contributed by atoms with Crippen molar-refractivity contribution < 1.29 is 14.5 Å². The average molecular weight is 411 g/mol. The third kappa shape index (κ3) is 6.42. The maximum Gasteiger partial charge on any atom is 0.279 e. The first-order valence-corrected chi connectivity index (χ1v) is 10.8. The Morgan fingerprint density at radius 3 is 2.20 bits per heavy atom. The van der Waals surface area contributed by atoms with Crippen LogP contribution in [0.5, 0.6) is 0 Å². The van der Waals surface area contributed by atoms with Crippen molar-refractivity contribution in [1.29, 1.82) is 0 Å². The van der Waals surface area contributed by atoms with Gasteiger partial charge in [0.15, 0.2) is 12.6 Å². The van der Waals surface area contributed by atoms with Crippen LogP contribution < -0.4 is 15.5 Å². The Kier molecular flexibility index (Phi) is 8.60. The topological polar surface area (TPSA) is 62.6 Å². The number of carbonyl (C=O) groups is 2. The zero-order chi connectivity index (χ0) is 22.3. The van der Waals surface area contributed by atoms with Gasteiger partial charge in [-0.15, -0.1) is 0 Å². The van der Waals surface area contributed by atoms with Gasteiger partial charge in [0.25, 0.3) is 11.8 Å². The predicted molar refractivity (Wildman–Crippen MR) is 123 cm³/mol. The van der Waals surface area contributed by atoms with Gasteiger partial charge >= 0.3 is 0 Å². The largest absolute Gasteiger partial charge is 0.350 e. The number of anilines is 1. The van der Waals surface area contributed by atoms with Crippen molar-refractivity contribution in [2.24, 2.45) is 0 Å². The van der Waals surface area contributed by atoms with E-state index in [1.807, 2.05) is 52.9 Å². The van der Waals surface area contributed by atoms with E-state index < -0.39 is 0 Å². The molecule has 0 aromatic heterocycles. The van der Waals surface area contributed by atoms with Crippen molar-refractivity contribution >= 4 is 17.5 Å². The number of benzene rings is 2. The number of likely N-dealkylation sites (N-methyl/N-ethyl adjacent to an activating group) is 1. The zero-order valence-electron chi connectivity index (χ0n) is 19.1. The van der Waals surface area contributed by atoms with Crippen LogP contribution in [0.2, 0.25) is 0 Å². The van der Waals surface area contributed by atoms with Gasteiger partial charge in [0, 0.05) is 18.2 Å². The molecular formula is C25H36N3O2+. The lowest BCUT2D eigenvalue weighted by atomic mass is 9.96. The Bertz CT molecular complexity index is 841. The van der Waals surface area contributed by atoms with Gasteiger partial charge in [-0.1, -0.05) is 55.0 Å². The van der Waals surface area contributed by atoms with E-state index in [-0.39, 0.29) is 24.4 Å². The lowest BCUT2D eigenvalue weighted by Gasteiger charge is -2.23. The fourth-order valence-corrected chi connectivity index (χ4v) is 3.79. The number of rotatable bonds is 9. The van der Waals surface area contributed by atoms with Crippen molar-refractivity contribution in [1.82, 2.24) is 5.32 Å². The smallest absolute Gasteiger partial charge is 0.279 e. The van der Waals surface area contributed by atoms with Gasteiger partial charge in [-0.05, 0) is 50.8 Å². The van der Waals surface area contributed by atoms with E-state index in [1.54, 1.807) is 0 Å². The van der Waals surface area contributed by atoms with Crippen LogP contribution in [0.15, 0.2) is 42.5 Å². The molecule has 0 radical (unpaired) electrons. The number of aryl methyl sites for hydroxylation is 3. The highest BCUT2D eigenvalue weighted by molar-refractivity contribution is 5.93. The molecule has 0 aliphatic carbocycles. The molecule has 3 atom stereocenters. The number of nitrogens with one attached hydrogen (secondary N) is 3. The van der Waals surface area contributed by atoms with Gasteiger partial charge in [-0.25, -0.2) is 0 Å². The molecule has 5 nitrogen and oxygen atoms in total. The molecule has 3 N–H and O–H groups in total. The van der Waals surface area contributed by atoms with Crippen molar-refractivity contribution in [3.05, 3.63) is 64.7 Å².